The molecule has 0 radical (unpaired) electrons. The molecule has 0 aliphatic heterocycles. The van der Waals surface area contributed by atoms with Crippen LogP contribution in [0.2, 0.25) is 0 Å². The Morgan fingerprint density at radius 1 is 0.833 bits per heavy atom. The Kier molecular flexibility index (Phi) is 10.3. The van der Waals surface area contributed by atoms with Crippen molar-refractivity contribution in [3.8, 4) is 0 Å². The summed E-state index contributed by atoms with van der Waals surface area (Å²) in [5.41, 5.74) is 5.65. The van der Waals surface area contributed by atoms with Crippen molar-refractivity contribution < 1.29 is 9.59 Å². The summed E-state index contributed by atoms with van der Waals surface area (Å²) >= 11 is 0. The number of benzene rings is 3. The number of nitrogens with one attached hydrogen (secondary N) is 1. The van der Waals surface area contributed by atoms with Crippen LogP contribution in [-0.4, -0.2) is 29.3 Å². The highest BCUT2D eigenvalue weighted by atomic mass is 16.2. The molecule has 0 bridgehead atoms. The molecule has 0 unspecified atom stereocenters. The van der Waals surface area contributed by atoms with Crippen LogP contribution in [0, 0.1) is 12.8 Å². The zero-order chi connectivity index (χ0) is 25.9. The van der Waals surface area contributed by atoms with Crippen molar-refractivity contribution in [2.75, 3.05) is 6.54 Å². The molecule has 0 aliphatic rings. The van der Waals surface area contributed by atoms with Crippen LogP contribution in [0.5, 0.6) is 0 Å². The Labute approximate surface area is 216 Å². The van der Waals surface area contributed by atoms with Gasteiger partial charge in [0.05, 0.1) is 0 Å². The topological polar surface area (TPSA) is 49.4 Å². The molecule has 0 saturated heterocycles. The summed E-state index contributed by atoms with van der Waals surface area (Å²) in [5.74, 6) is 0.234. The fraction of sp³-hybridized carbons (Fsp3) is 0.375. The fourth-order valence-electron chi connectivity index (χ4n) is 4.28. The van der Waals surface area contributed by atoms with Crippen molar-refractivity contribution in [2.24, 2.45) is 5.92 Å². The Morgan fingerprint density at radius 2 is 1.47 bits per heavy atom. The predicted molar refractivity (Wildman–Crippen MR) is 148 cm³/mol. The zero-order valence-electron chi connectivity index (χ0n) is 22.2. The molecule has 3 aromatic rings. The van der Waals surface area contributed by atoms with E-state index in [2.05, 4.69) is 63.3 Å². The molecule has 3 aromatic carbocycles. The van der Waals surface area contributed by atoms with Gasteiger partial charge in [0.15, 0.2) is 0 Å². The van der Waals surface area contributed by atoms with Gasteiger partial charge in [-0.2, -0.15) is 0 Å². The van der Waals surface area contributed by atoms with Crippen LogP contribution in [-0.2, 0) is 35.4 Å². The third-order valence-corrected chi connectivity index (χ3v) is 6.62. The van der Waals surface area contributed by atoms with Gasteiger partial charge in [-0.3, -0.25) is 9.59 Å². The molecule has 3 rings (SSSR count). The number of carbonyl (C=O) groups is 2. The quantitative estimate of drug-likeness (QED) is 0.348. The average Bonchev–Trinajstić information content (AvgIpc) is 2.89. The van der Waals surface area contributed by atoms with E-state index < -0.39 is 6.04 Å². The Hall–Kier alpha value is -3.40. The number of rotatable bonds is 12. The van der Waals surface area contributed by atoms with Gasteiger partial charge in [-0.15, -0.1) is 0 Å². The van der Waals surface area contributed by atoms with E-state index in [1.165, 1.54) is 5.56 Å². The van der Waals surface area contributed by atoms with E-state index in [4.69, 9.17) is 0 Å². The third kappa shape index (κ3) is 8.08. The normalized spacial score (nSPS) is 11.8. The number of hydrogen-bond donors (Lipinski definition) is 1. The molecular formula is C32H40N2O2. The summed E-state index contributed by atoms with van der Waals surface area (Å²) in [6.07, 6.45) is 2.49. The van der Waals surface area contributed by atoms with Crippen molar-refractivity contribution in [3.05, 3.63) is 107 Å². The zero-order valence-corrected chi connectivity index (χ0v) is 22.2. The molecule has 0 aliphatic carbocycles. The minimum atomic E-state index is -0.583. The molecule has 0 saturated carbocycles. The Balaban J connectivity index is 1.89. The Morgan fingerprint density at radius 3 is 2.11 bits per heavy atom. The summed E-state index contributed by atoms with van der Waals surface area (Å²) in [6, 6.07) is 25.9. The molecule has 0 heterocycles. The lowest BCUT2D eigenvalue weighted by atomic mass is 10.00. The molecule has 4 nitrogen and oxygen atoms in total. The van der Waals surface area contributed by atoms with E-state index in [0.29, 0.717) is 38.3 Å². The van der Waals surface area contributed by atoms with Gasteiger partial charge >= 0.3 is 0 Å². The lowest BCUT2D eigenvalue weighted by Gasteiger charge is -2.32. The highest BCUT2D eigenvalue weighted by molar-refractivity contribution is 5.88. The summed E-state index contributed by atoms with van der Waals surface area (Å²) in [6.45, 7) is 9.34. The van der Waals surface area contributed by atoms with E-state index in [9.17, 15) is 9.59 Å². The average molecular weight is 485 g/mol. The number of amides is 2. The molecule has 1 N–H and O–H groups in total. The van der Waals surface area contributed by atoms with E-state index >= 15 is 0 Å². The van der Waals surface area contributed by atoms with Crippen LogP contribution in [0.1, 0.15) is 55.0 Å². The van der Waals surface area contributed by atoms with Gasteiger partial charge in [-0.05, 0) is 53.5 Å². The van der Waals surface area contributed by atoms with Gasteiger partial charge in [0.1, 0.15) is 6.04 Å². The van der Waals surface area contributed by atoms with Gasteiger partial charge in [0.25, 0.3) is 0 Å². The van der Waals surface area contributed by atoms with Crippen LogP contribution < -0.4 is 5.32 Å². The smallest absolute Gasteiger partial charge is 0.243 e. The molecule has 4 heteroatoms. The SMILES string of the molecule is CCc1ccc(CCC(=O)N(Cc2ccccc2C)[C@@H](Cc2ccccc2)C(=O)NCC(C)C)cc1. The number of aryl methyl sites for hydroxylation is 3. The lowest BCUT2D eigenvalue weighted by Crippen LogP contribution is -2.51. The molecular weight excluding hydrogens is 444 g/mol. The van der Waals surface area contributed by atoms with Gasteiger partial charge in [0, 0.05) is 25.9 Å². The first-order chi connectivity index (χ1) is 17.4. The number of hydrogen-bond acceptors (Lipinski definition) is 2. The second kappa shape index (κ2) is 13.6. The van der Waals surface area contributed by atoms with Gasteiger partial charge in [0.2, 0.25) is 11.8 Å². The van der Waals surface area contributed by atoms with Crippen molar-refractivity contribution in [1.82, 2.24) is 10.2 Å². The molecule has 2 amide bonds. The fourth-order valence-corrected chi connectivity index (χ4v) is 4.28. The first kappa shape index (κ1) is 27.2. The maximum Gasteiger partial charge on any atom is 0.243 e. The van der Waals surface area contributed by atoms with Gasteiger partial charge in [-0.25, -0.2) is 0 Å². The van der Waals surface area contributed by atoms with Crippen molar-refractivity contribution in [2.45, 2.75) is 66.0 Å². The molecule has 1 atom stereocenters. The van der Waals surface area contributed by atoms with Gasteiger partial charge < -0.3 is 10.2 Å². The Bertz CT molecular complexity index is 1110. The first-order valence-corrected chi connectivity index (χ1v) is 13.1. The van der Waals surface area contributed by atoms with E-state index in [1.807, 2.05) is 48.5 Å². The largest absolute Gasteiger partial charge is 0.354 e. The van der Waals surface area contributed by atoms with Crippen molar-refractivity contribution in [3.63, 3.8) is 0 Å². The number of nitrogens with zero attached hydrogens (tertiary/aromatic N) is 1. The van der Waals surface area contributed by atoms with Crippen LogP contribution in [0.15, 0.2) is 78.9 Å². The molecule has 0 spiro atoms. The van der Waals surface area contributed by atoms with E-state index in [1.54, 1.807) is 4.90 Å². The van der Waals surface area contributed by atoms with Crippen LogP contribution >= 0.6 is 0 Å². The molecule has 0 aromatic heterocycles. The predicted octanol–water partition coefficient (Wildman–Crippen LogP) is 5.90. The van der Waals surface area contributed by atoms with E-state index in [0.717, 1.165) is 28.7 Å². The number of carbonyl (C=O) groups excluding carboxylic acids is 2. The molecule has 190 valence electrons. The second-order valence-corrected chi connectivity index (χ2v) is 9.96. The second-order valence-electron chi connectivity index (χ2n) is 9.96. The van der Waals surface area contributed by atoms with Crippen LogP contribution in [0.3, 0.4) is 0 Å². The lowest BCUT2D eigenvalue weighted by molar-refractivity contribution is -0.141. The summed E-state index contributed by atoms with van der Waals surface area (Å²) in [7, 11) is 0. The summed E-state index contributed by atoms with van der Waals surface area (Å²) in [5, 5.41) is 3.09. The molecule has 36 heavy (non-hydrogen) atoms. The molecule has 0 fully saturated rings. The van der Waals surface area contributed by atoms with Gasteiger partial charge in [-0.1, -0.05) is 99.6 Å². The monoisotopic (exact) mass is 484 g/mol. The van der Waals surface area contributed by atoms with E-state index in [-0.39, 0.29) is 11.8 Å². The van der Waals surface area contributed by atoms with Crippen LogP contribution in [0.25, 0.3) is 0 Å². The summed E-state index contributed by atoms with van der Waals surface area (Å²) in [4.78, 5) is 29.1. The highest BCUT2D eigenvalue weighted by Gasteiger charge is 2.30. The minimum absolute atomic E-state index is 0.00144. The van der Waals surface area contributed by atoms with Crippen molar-refractivity contribution in [1.29, 1.82) is 0 Å². The maximum atomic E-state index is 13.8. The highest BCUT2D eigenvalue weighted by Crippen LogP contribution is 2.19. The minimum Gasteiger partial charge on any atom is -0.354 e. The van der Waals surface area contributed by atoms with Crippen molar-refractivity contribution >= 4 is 11.8 Å². The maximum absolute atomic E-state index is 13.8. The van der Waals surface area contributed by atoms with Crippen LogP contribution in [0.4, 0.5) is 0 Å². The first-order valence-electron chi connectivity index (χ1n) is 13.1. The summed E-state index contributed by atoms with van der Waals surface area (Å²) < 4.78 is 0. The third-order valence-electron chi connectivity index (χ3n) is 6.62. The standard InChI is InChI=1S/C32H40N2O2/c1-5-26-15-17-27(18-16-26)19-20-31(35)34(23-29-14-10-9-11-25(29)4)30(32(36)33-22-24(2)3)21-28-12-7-6-8-13-28/h6-18,24,30H,5,19-23H2,1-4H3,(H,33,36)/t30-/m0/s1.